The second kappa shape index (κ2) is 17.9. The van der Waals surface area contributed by atoms with Crippen molar-refractivity contribution in [1.29, 1.82) is 0 Å². The summed E-state index contributed by atoms with van der Waals surface area (Å²) in [5.41, 5.74) is 0. The summed E-state index contributed by atoms with van der Waals surface area (Å²) in [6.45, 7) is 3.65. The number of aliphatic carboxylic acids is 2. The maximum absolute atomic E-state index is 9.75. The Balaban J connectivity index is -0.000000218. The van der Waals surface area contributed by atoms with E-state index in [0.717, 1.165) is 12.2 Å². The van der Waals surface area contributed by atoms with Gasteiger partial charge in [-0.25, -0.2) is 9.59 Å². The monoisotopic (exact) mass is 264 g/mol. The number of carboxylic acids is 2. The molecule has 0 saturated carbocycles. The molecule has 2 N–H and O–H groups in total. The number of hydrogen-bond acceptors (Lipinski definition) is 2. The van der Waals surface area contributed by atoms with Crippen LogP contribution in [0.5, 0.6) is 0 Å². The first kappa shape index (κ1) is 21.8. The topological polar surface area (TPSA) is 74.6 Å². The van der Waals surface area contributed by atoms with E-state index in [4.69, 9.17) is 10.2 Å². The summed E-state index contributed by atoms with van der Waals surface area (Å²) in [5.74, 6) is -1.83. The zero-order valence-corrected chi connectivity index (χ0v) is 9.33. The van der Waals surface area contributed by atoms with Crippen LogP contribution in [-0.2, 0) is 9.59 Å². The van der Waals surface area contributed by atoms with Crippen LogP contribution in [-0.4, -0.2) is 73.5 Å². The van der Waals surface area contributed by atoms with Gasteiger partial charge in [0.2, 0.25) is 0 Å². The first-order chi connectivity index (χ1) is 7.54. The molecule has 0 radical (unpaired) electrons. The van der Waals surface area contributed by atoms with Crippen LogP contribution in [0.15, 0.2) is 48.6 Å². The third kappa shape index (κ3) is 31.3. The van der Waals surface area contributed by atoms with Gasteiger partial charge in [-0.2, -0.15) is 0 Å². The van der Waals surface area contributed by atoms with Gasteiger partial charge in [0.25, 0.3) is 0 Å². The van der Waals surface area contributed by atoms with Gasteiger partial charge in [-0.3, -0.25) is 0 Å². The van der Waals surface area contributed by atoms with E-state index in [0.29, 0.717) is 0 Å². The first-order valence-electron chi connectivity index (χ1n) is 4.59. The number of allylic oxidation sites excluding steroid dienone is 6. The summed E-state index contributed by atoms with van der Waals surface area (Å²) in [6.07, 6.45) is 12.0. The standard InChI is InChI=1S/2C6H8O2.K.H/c2*1-2-3-4-5-6(7)8;;/h2*2-5H,1H3,(H,7,8);;. The summed E-state index contributed by atoms with van der Waals surface area (Å²) in [6, 6.07) is 0. The fourth-order valence-electron chi connectivity index (χ4n) is 0.498. The molecule has 0 bridgehead atoms. The van der Waals surface area contributed by atoms with Crippen molar-refractivity contribution >= 4 is 63.3 Å². The van der Waals surface area contributed by atoms with E-state index in [-0.39, 0.29) is 51.4 Å². The number of carbonyl (C=O) groups is 2. The molecule has 0 atom stereocenters. The predicted molar refractivity (Wildman–Crippen MR) is 70.3 cm³/mol. The SMILES string of the molecule is CC=CC=CC(=O)O.CC=CC=CC(=O)O.[KH]. The van der Waals surface area contributed by atoms with Crippen LogP contribution < -0.4 is 0 Å². The van der Waals surface area contributed by atoms with Crippen LogP contribution in [0.1, 0.15) is 13.8 Å². The molecule has 0 aliphatic carbocycles. The van der Waals surface area contributed by atoms with E-state index in [1.165, 1.54) is 12.2 Å². The molecule has 0 saturated heterocycles. The molecule has 0 aromatic carbocycles. The number of hydrogen-bond donors (Lipinski definition) is 2. The Hall–Kier alpha value is -0.464. The van der Waals surface area contributed by atoms with Crippen molar-refractivity contribution in [2.75, 3.05) is 0 Å². The zero-order chi connectivity index (χ0) is 12.8. The average molecular weight is 264 g/mol. The summed E-state index contributed by atoms with van der Waals surface area (Å²) < 4.78 is 0. The Morgan fingerprint density at radius 3 is 1.24 bits per heavy atom. The van der Waals surface area contributed by atoms with Crippen molar-refractivity contribution in [2.24, 2.45) is 0 Å². The Labute approximate surface area is 144 Å². The molecule has 0 fully saturated rings. The normalized spacial score (nSPS) is 10.5. The molecule has 17 heavy (non-hydrogen) atoms. The van der Waals surface area contributed by atoms with Crippen molar-refractivity contribution in [3.8, 4) is 0 Å². The number of carboxylic acid groups (broad SMARTS) is 2. The molecular weight excluding hydrogens is 247 g/mol. The van der Waals surface area contributed by atoms with Gasteiger partial charge in [0, 0.05) is 12.2 Å². The molecule has 5 heteroatoms. The van der Waals surface area contributed by atoms with Crippen LogP contribution in [0.4, 0.5) is 0 Å². The van der Waals surface area contributed by atoms with E-state index in [1.54, 1.807) is 24.3 Å². The molecule has 0 heterocycles. The quantitative estimate of drug-likeness (QED) is 0.461. The number of rotatable bonds is 4. The second-order valence-electron chi connectivity index (χ2n) is 2.45. The van der Waals surface area contributed by atoms with Crippen molar-refractivity contribution in [1.82, 2.24) is 0 Å². The fourth-order valence-corrected chi connectivity index (χ4v) is 0.498. The summed E-state index contributed by atoms with van der Waals surface area (Å²) in [4.78, 5) is 19.5. The average Bonchev–Trinajstić information content (AvgIpc) is 2.18. The second-order valence-corrected chi connectivity index (χ2v) is 2.45. The molecule has 4 nitrogen and oxygen atoms in total. The van der Waals surface area contributed by atoms with Crippen molar-refractivity contribution in [3.05, 3.63) is 48.6 Å². The van der Waals surface area contributed by atoms with Gasteiger partial charge in [-0.15, -0.1) is 0 Å². The van der Waals surface area contributed by atoms with Gasteiger partial charge in [0.1, 0.15) is 0 Å². The minimum atomic E-state index is -0.914. The molecular formula is C12H17KO4. The van der Waals surface area contributed by atoms with Crippen molar-refractivity contribution < 1.29 is 19.8 Å². The van der Waals surface area contributed by atoms with Gasteiger partial charge in [-0.1, -0.05) is 36.5 Å². The van der Waals surface area contributed by atoms with Gasteiger partial charge in [0.05, 0.1) is 0 Å². The molecule has 0 rings (SSSR count). The summed E-state index contributed by atoms with van der Waals surface area (Å²) in [7, 11) is 0. The maximum atomic E-state index is 9.75. The van der Waals surface area contributed by atoms with E-state index < -0.39 is 11.9 Å². The van der Waals surface area contributed by atoms with E-state index >= 15 is 0 Å². The Kier molecular flexibility index (Phi) is 23.0. The Bertz CT molecular complexity index is 282. The summed E-state index contributed by atoms with van der Waals surface area (Å²) in [5, 5.41) is 16.0. The van der Waals surface area contributed by atoms with Crippen LogP contribution >= 0.6 is 0 Å². The fraction of sp³-hybridized carbons (Fsp3) is 0.167. The van der Waals surface area contributed by atoms with Crippen LogP contribution in [0.2, 0.25) is 0 Å². The molecule has 0 aliphatic rings. The third-order valence-corrected chi connectivity index (χ3v) is 1.08. The van der Waals surface area contributed by atoms with Gasteiger partial charge >= 0.3 is 63.3 Å². The van der Waals surface area contributed by atoms with Crippen LogP contribution in [0.3, 0.4) is 0 Å². The Morgan fingerprint density at radius 1 is 0.765 bits per heavy atom. The molecule has 0 amide bonds. The van der Waals surface area contributed by atoms with E-state index in [1.807, 2.05) is 13.8 Å². The first-order valence-corrected chi connectivity index (χ1v) is 4.59. The zero-order valence-electron chi connectivity index (χ0n) is 9.33. The van der Waals surface area contributed by atoms with Crippen molar-refractivity contribution in [3.63, 3.8) is 0 Å². The molecule has 0 aliphatic heterocycles. The van der Waals surface area contributed by atoms with E-state index in [9.17, 15) is 9.59 Å². The minimum absolute atomic E-state index is 0. The van der Waals surface area contributed by atoms with Crippen LogP contribution in [0.25, 0.3) is 0 Å². The predicted octanol–water partition coefficient (Wildman–Crippen LogP) is 1.76. The van der Waals surface area contributed by atoms with Gasteiger partial charge in [0.15, 0.2) is 0 Å². The molecule has 0 spiro atoms. The molecule has 0 aromatic heterocycles. The summed E-state index contributed by atoms with van der Waals surface area (Å²) >= 11 is 0. The van der Waals surface area contributed by atoms with Gasteiger partial charge in [-0.05, 0) is 13.8 Å². The van der Waals surface area contributed by atoms with E-state index in [2.05, 4.69) is 0 Å². The van der Waals surface area contributed by atoms with Crippen molar-refractivity contribution in [2.45, 2.75) is 13.8 Å². The van der Waals surface area contributed by atoms with Gasteiger partial charge < -0.3 is 10.2 Å². The molecule has 90 valence electrons. The Morgan fingerprint density at radius 2 is 1.06 bits per heavy atom. The molecule has 0 aromatic rings. The third-order valence-electron chi connectivity index (χ3n) is 1.08. The molecule has 0 unspecified atom stereocenters. The van der Waals surface area contributed by atoms with Crippen LogP contribution in [0, 0.1) is 0 Å².